The number of hydrogen-bond donors (Lipinski definition) is 1. The molecule has 1 amide bonds. The molecule has 2 unspecified atom stereocenters. The van der Waals surface area contributed by atoms with Crippen molar-refractivity contribution >= 4 is 18.3 Å². The Morgan fingerprint density at radius 2 is 1.83 bits per heavy atom. The number of unbranched alkanes of at least 4 members (excludes halogenated alkanes) is 1. The highest BCUT2D eigenvalue weighted by Crippen LogP contribution is 2.21. The van der Waals surface area contributed by atoms with E-state index in [-0.39, 0.29) is 18.3 Å². The van der Waals surface area contributed by atoms with E-state index in [1.807, 2.05) is 0 Å². The van der Waals surface area contributed by atoms with E-state index in [0.717, 1.165) is 31.5 Å². The van der Waals surface area contributed by atoms with Gasteiger partial charge in [0.15, 0.2) is 0 Å². The largest absolute Gasteiger partial charge is 0.341 e. The van der Waals surface area contributed by atoms with Gasteiger partial charge >= 0.3 is 0 Å². The number of rotatable bonds is 5. The molecule has 1 aromatic rings. The van der Waals surface area contributed by atoms with Gasteiger partial charge in [0.2, 0.25) is 5.91 Å². The molecule has 2 aliphatic heterocycles. The summed E-state index contributed by atoms with van der Waals surface area (Å²) in [7, 11) is 0. The molecule has 3 nitrogen and oxygen atoms in total. The second-order valence-corrected chi connectivity index (χ2v) is 6.86. The zero-order valence-corrected chi connectivity index (χ0v) is 14.9. The van der Waals surface area contributed by atoms with Crippen LogP contribution in [-0.2, 0) is 17.6 Å². The van der Waals surface area contributed by atoms with Crippen LogP contribution in [0.4, 0.5) is 0 Å². The van der Waals surface area contributed by atoms with Gasteiger partial charge in [0.1, 0.15) is 0 Å². The number of nitrogens with one attached hydrogen (secondary N) is 1. The van der Waals surface area contributed by atoms with E-state index in [1.165, 1.54) is 31.2 Å². The Morgan fingerprint density at radius 1 is 1.13 bits per heavy atom. The summed E-state index contributed by atoms with van der Waals surface area (Å²) in [6.45, 7) is 4.03. The van der Waals surface area contributed by atoms with Crippen molar-refractivity contribution in [2.24, 2.45) is 0 Å². The van der Waals surface area contributed by atoms with Crippen LogP contribution in [0.3, 0.4) is 0 Å². The number of hydrogen-bond acceptors (Lipinski definition) is 2. The number of carbonyl (C=O) groups excluding carboxylic acids is 1. The van der Waals surface area contributed by atoms with Crippen molar-refractivity contribution in [3.05, 3.63) is 35.4 Å². The fourth-order valence-corrected chi connectivity index (χ4v) is 3.66. The summed E-state index contributed by atoms with van der Waals surface area (Å²) in [6.07, 6.45) is 7.77. The van der Waals surface area contributed by atoms with Gasteiger partial charge in [-0.1, -0.05) is 37.6 Å². The third kappa shape index (κ3) is 4.95. The smallest absolute Gasteiger partial charge is 0.227 e. The minimum atomic E-state index is 0. The van der Waals surface area contributed by atoms with Crippen LogP contribution in [0.1, 0.15) is 50.2 Å². The zero-order valence-electron chi connectivity index (χ0n) is 14.1. The van der Waals surface area contributed by atoms with Crippen molar-refractivity contribution in [1.82, 2.24) is 10.2 Å². The predicted octanol–water partition coefficient (Wildman–Crippen LogP) is 3.35. The molecule has 0 aliphatic carbocycles. The molecule has 2 aliphatic rings. The molecular formula is C19H29ClN2O. The topological polar surface area (TPSA) is 32.3 Å². The summed E-state index contributed by atoms with van der Waals surface area (Å²) in [6, 6.07) is 9.79. The van der Waals surface area contributed by atoms with Crippen molar-refractivity contribution in [3.8, 4) is 0 Å². The molecule has 2 atom stereocenters. The van der Waals surface area contributed by atoms with E-state index in [4.69, 9.17) is 0 Å². The number of likely N-dealkylation sites (tertiary alicyclic amines) is 1. The first-order valence-corrected chi connectivity index (χ1v) is 8.86. The normalized spacial score (nSPS) is 23.3. The summed E-state index contributed by atoms with van der Waals surface area (Å²) in [5, 5.41) is 3.63. The SMILES string of the molecule is CCCCc1ccc(CC(=O)N2CCC3CCC(C2)N3)cc1.Cl. The summed E-state index contributed by atoms with van der Waals surface area (Å²) in [5.41, 5.74) is 2.53. The molecule has 0 saturated carbocycles. The first-order valence-electron chi connectivity index (χ1n) is 8.86. The molecule has 0 aromatic heterocycles. The predicted molar refractivity (Wildman–Crippen MR) is 97.1 cm³/mol. The van der Waals surface area contributed by atoms with E-state index < -0.39 is 0 Å². The van der Waals surface area contributed by atoms with Crippen molar-refractivity contribution in [2.75, 3.05) is 13.1 Å². The lowest BCUT2D eigenvalue weighted by Crippen LogP contribution is -2.39. The molecule has 4 heteroatoms. The summed E-state index contributed by atoms with van der Waals surface area (Å²) in [5.74, 6) is 0.288. The lowest BCUT2D eigenvalue weighted by Gasteiger charge is -2.24. The van der Waals surface area contributed by atoms with Gasteiger partial charge in [-0.05, 0) is 43.2 Å². The van der Waals surface area contributed by atoms with Gasteiger partial charge in [-0.25, -0.2) is 0 Å². The second kappa shape index (κ2) is 8.70. The fourth-order valence-electron chi connectivity index (χ4n) is 3.66. The first kappa shape index (κ1) is 18.3. The molecule has 0 radical (unpaired) electrons. The maximum absolute atomic E-state index is 12.6. The van der Waals surface area contributed by atoms with E-state index in [1.54, 1.807) is 0 Å². The van der Waals surface area contributed by atoms with Gasteiger partial charge in [-0.2, -0.15) is 0 Å². The minimum Gasteiger partial charge on any atom is -0.341 e. The average molecular weight is 337 g/mol. The van der Waals surface area contributed by atoms with Crippen LogP contribution in [-0.4, -0.2) is 36.0 Å². The highest BCUT2D eigenvalue weighted by Gasteiger charge is 2.30. The van der Waals surface area contributed by atoms with Crippen LogP contribution in [0.5, 0.6) is 0 Å². The summed E-state index contributed by atoms with van der Waals surface area (Å²) >= 11 is 0. The molecule has 1 aromatic carbocycles. The van der Waals surface area contributed by atoms with Crippen LogP contribution in [0.25, 0.3) is 0 Å². The van der Waals surface area contributed by atoms with Crippen LogP contribution in [0, 0.1) is 0 Å². The Bertz CT molecular complexity index is 503. The Kier molecular flexibility index (Phi) is 6.91. The third-order valence-corrected chi connectivity index (χ3v) is 5.07. The highest BCUT2D eigenvalue weighted by atomic mass is 35.5. The van der Waals surface area contributed by atoms with E-state index in [9.17, 15) is 4.79 Å². The van der Waals surface area contributed by atoms with Crippen LogP contribution in [0.15, 0.2) is 24.3 Å². The minimum absolute atomic E-state index is 0. The summed E-state index contributed by atoms with van der Waals surface area (Å²) < 4.78 is 0. The molecule has 2 heterocycles. The number of carbonyl (C=O) groups is 1. The number of halogens is 1. The fraction of sp³-hybridized carbons (Fsp3) is 0.632. The number of benzene rings is 1. The van der Waals surface area contributed by atoms with Gasteiger partial charge in [-0.3, -0.25) is 4.79 Å². The monoisotopic (exact) mass is 336 g/mol. The van der Waals surface area contributed by atoms with Gasteiger partial charge < -0.3 is 10.2 Å². The molecule has 2 fully saturated rings. The Labute approximate surface area is 146 Å². The van der Waals surface area contributed by atoms with Crippen molar-refractivity contribution in [3.63, 3.8) is 0 Å². The number of fused-ring (bicyclic) bond motifs is 2. The zero-order chi connectivity index (χ0) is 15.4. The average Bonchev–Trinajstić information content (AvgIpc) is 2.85. The quantitative estimate of drug-likeness (QED) is 0.894. The molecular weight excluding hydrogens is 308 g/mol. The van der Waals surface area contributed by atoms with E-state index in [2.05, 4.69) is 41.4 Å². The van der Waals surface area contributed by atoms with Crippen molar-refractivity contribution < 1.29 is 4.79 Å². The van der Waals surface area contributed by atoms with Crippen LogP contribution in [0.2, 0.25) is 0 Å². The molecule has 23 heavy (non-hydrogen) atoms. The van der Waals surface area contributed by atoms with Crippen LogP contribution < -0.4 is 5.32 Å². The molecule has 2 saturated heterocycles. The van der Waals surface area contributed by atoms with Gasteiger partial charge in [0, 0.05) is 25.2 Å². The molecule has 1 N–H and O–H groups in total. The second-order valence-electron chi connectivity index (χ2n) is 6.86. The third-order valence-electron chi connectivity index (χ3n) is 5.07. The molecule has 3 rings (SSSR count). The van der Waals surface area contributed by atoms with Crippen molar-refractivity contribution in [2.45, 2.75) is 64.0 Å². The molecule has 128 valence electrons. The summed E-state index contributed by atoms with van der Waals surface area (Å²) in [4.78, 5) is 14.6. The lowest BCUT2D eigenvalue weighted by atomic mass is 10.0. The van der Waals surface area contributed by atoms with E-state index in [0.29, 0.717) is 18.5 Å². The van der Waals surface area contributed by atoms with E-state index >= 15 is 0 Å². The van der Waals surface area contributed by atoms with Gasteiger partial charge in [0.25, 0.3) is 0 Å². The molecule has 2 bridgehead atoms. The lowest BCUT2D eigenvalue weighted by molar-refractivity contribution is -0.130. The Hall–Kier alpha value is -1.06. The number of amides is 1. The Morgan fingerprint density at radius 3 is 2.57 bits per heavy atom. The van der Waals surface area contributed by atoms with Crippen molar-refractivity contribution in [1.29, 1.82) is 0 Å². The van der Waals surface area contributed by atoms with Gasteiger partial charge in [-0.15, -0.1) is 12.4 Å². The first-order chi connectivity index (χ1) is 10.7. The molecule has 0 spiro atoms. The number of nitrogens with zero attached hydrogens (tertiary/aromatic N) is 1. The van der Waals surface area contributed by atoms with Crippen LogP contribution >= 0.6 is 12.4 Å². The Balaban J connectivity index is 0.00000192. The standard InChI is InChI=1S/C19H28N2O.ClH/c1-2-3-4-15-5-7-16(8-6-15)13-19(22)21-12-11-17-9-10-18(14-21)20-17;/h5-8,17-18,20H,2-4,9-14H2,1H3;1H. The highest BCUT2D eigenvalue weighted by molar-refractivity contribution is 5.85. The maximum Gasteiger partial charge on any atom is 0.227 e. The van der Waals surface area contributed by atoms with Gasteiger partial charge in [0.05, 0.1) is 6.42 Å². The maximum atomic E-state index is 12.6. The number of aryl methyl sites for hydroxylation is 1.